The zero-order valence-electron chi connectivity index (χ0n) is 16.1. The monoisotopic (exact) mass is 386 g/mol. The van der Waals surface area contributed by atoms with E-state index in [2.05, 4.69) is 25.0 Å². The molecule has 0 unspecified atom stereocenters. The fourth-order valence-corrected chi connectivity index (χ4v) is 4.11. The molecule has 2 aromatic rings. The molecule has 1 fully saturated rings. The summed E-state index contributed by atoms with van der Waals surface area (Å²) in [5, 5.41) is 23.3. The molecule has 1 N–H and O–H groups in total. The maximum absolute atomic E-state index is 11.1. The van der Waals surface area contributed by atoms with E-state index in [1.165, 1.54) is 6.07 Å². The molecule has 1 saturated heterocycles. The molecule has 1 aromatic carbocycles. The summed E-state index contributed by atoms with van der Waals surface area (Å²) in [6.07, 6.45) is 2.04. The second-order valence-electron chi connectivity index (χ2n) is 7.34. The minimum absolute atomic E-state index is 0.108. The number of nitro benzene ring substituents is 1. The highest BCUT2D eigenvalue weighted by Gasteiger charge is 2.27. The maximum atomic E-state index is 11.1. The van der Waals surface area contributed by atoms with Gasteiger partial charge in [-0.3, -0.25) is 15.0 Å². The van der Waals surface area contributed by atoms with Crippen LogP contribution in [0.3, 0.4) is 0 Å². The summed E-state index contributed by atoms with van der Waals surface area (Å²) in [6.45, 7) is 7.67. The summed E-state index contributed by atoms with van der Waals surface area (Å²) in [7, 11) is 0. The Kier molecular flexibility index (Phi) is 5.54. The number of nitro groups is 1. The van der Waals surface area contributed by atoms with Crippen molar-refractivity contribution < 1.29 is 9.66 Å². The Morgan fingerprint density at radius 2 is 2.11 bits per heavy atom. The summed E-state index contributed by atoms with van der Waals surface area (Å²) >= 11 is 0. The van der Waals surface area contributed by atoms with E-state index in [1.807, 2.05) is 6.92 Å². The molecular weight excluding hydrogens is 360 g/mol. The molecule has 9 nitrogen and oxygen atoms in total. The number of nitrogens with one attached hydrogen (secondary N) is 1. The quantitative estimate of drug-likeness (QED) is 0.599. The normalized spacial score (nSPS) is 18.0. The third-order valence-electron chi connectivity index (χ3n) is 5.55. The zero-order valence-corrected chi connectivity index (χ0v) is 16.1. The van der Waals surface area contributed by atoms with E-state index in [0.717, 1.165) is 68.5 Å². The highest BCUT2D eigenvalue weighted by Crippen LogP contribution is 2.31. The molecule has 0 atom stereocenters. The van der Waals surface area contributed by atoms with Gasteiger partial charge in [-0.15, -0.1) is 10.2 Å². The Hall–Kier alpha value is -2.52. The van der Waals surface area contributed by atoms with E-state index in [0.29, 0.717) is 19.1 Å². The SMILES string of the molecule is CCOc1ccc([N+](=O)[O-])cc1CN1CCC(c2nnc3n2CCNC3)CC1. The van der Waals surface area contributed by atoms with Crippen LogP contribution in [0.4, 0.5) is 5.69 Å². The van der Waals surface area contributed by atoms with Crippen LogP contribution in [0.5, 0.6) is 5.75 Å². The number of hydrogen-bond acceptors (Lipinski definition) is 7. The minimum Gasteiger partial charge on any atom is -0.494 e. The molecule has 2 aliphatic rings. The number of nitrogens with zero attached hydrogens (tertiary/aromatic N) is 5. The largest absolute Gasteiger partial charge is 0.494 e. The van der Waals surface area contributed by atoms with Gasteiger partial charge in [0.15, 0.2) is 0 Å². The van der Waals surface area contributed by atoms with Gasteiger partial charge in [0.25, 0.3) is 5.69 Å². The molecule has 3 heterocycles. The van der Waals surface area contributed by atoms with Crippen LogP contribution in [0.2, 0.25) is 0 Å². The standard InChI is InChI=1S/C19H26N6O3/c1-2-28-17-4-3-16(25(26)27)11-15(17)13-23-8-5-14(6-9-23)19-22-21-18-12-20-7-10-24(18)19/h3-4,11,14,20H,2,5-10,12-13H2,1H3. The van der Waals surface area contributed by atoms with Crippen molar-refractivity contribution >= 4 is 5.69 Å². The van der Waals surface area contributed by atoms with E-state index < -0.39 is 0 Å². The molecule has 0 aliphatic carbocycles. The summed E-state index contributed by atoms with van der Waals surface area (Å²) < 4.78 is 7.95. The van der Waals surface area contributed by atoms with E-state index in [1.54, 1.807) is 12.1 Å². The van der Waals surface area contributed by atoms with Crippen LogP contribution >= 0.6 is 0 Å². The number of piperidine rings is 1. The second kappa shape index (κ2) is 8.24. The van der Waals surface area contributed by atoms with Crippen LogP contribution in [0, 0.1) is 10.1 Å². The Bertz CT molecular complexity index is 844. The van der Waals surface area contributed by atoms with Gasteiger partial charge in [0.2, 0.25) is 0 Å². The molecule has 4 rings (SSSR count). The number of fused-ring (bicyclic) bond motifs is 1. The van der Waals surface area contributed by atoms with Gasteiger partial charge in [0.1, 0.15) is 17.4 Å². The molecular formula is C19H26N6O3. The van der Waals surface area contributed by atoms with Crippen molar-refractivity contribution in [3.63, 3.8) is 0 Å². The number of hydrogen-bond donors (Lipinski definition) is 1. The van der Waals surface area contributed by atoms with Gasteiger partial charge in [-0.2, -0.15) is 0 Å². The summed E-state index contributed by atoms with van der Waals surface area (Å²) in [5.74, 6) is 3.30. The van der Waals surface area contributed by atoms with Crippen LogP contribution in [0.15, 0.2) is 18.2 Å². The van der Waals surface area contributed by atoms with E-state index in [4.69, 9.17) is 4.74 Å². The molecule has 0 spiro atoms. The number of benzene rings is 1. The van der Waals surface area contributed by atoms with Crippen LogP contribution in [-0.4, -0.2) is 50.8 Å². The number of ether oxygens (including phenoxy) is 1. The third kappa shape index (κ3) is 3.85. The van der Waals surface area contributed by atoms with Crippen LogP contribution < -0.4 is 10.1 Å². The van der Waals surface area contributed by atoms with E-state index >= 15 is 0 Å². The zero-order chi connectivity index (χ0) is 19.5. The third-order valence-corrected chi connectivity index (χ3v) is 5.55. The second-order valence-corrected chi connectivity index (χ2v) is 7.34. The lowest BCUT2D eigenvalue weighted by molar-refractivity contribution is -0.385. The first-order valence-corrected chi connectivity index (χ1v) is 9.91. The van der Waals surface area contributed by atoms with Gasteiger partial charge in [0.05, 0.1) is 18.1 Å². The fourth-order valence-electron chi connectivity index (χ4n) is 4.11. The lowest BCUT2D eigenvalue weighted by Gasteiger charge is -2.32. The van der Waals surface area contributed by atoms with Crippen molar-refractivity contribution in [2.24, 2.45) is 0 Å². The van der Waals surface area contributed by atoms with Gasteiger partial charge in [-0.25, -0.2) is 0 Å². The van der Waals surface area contributed by atoms with Crippen LogP contribution in [0.25, 0.3) is 0 Å². The summed E-state index contributed by atoms with van der Waals surface area (Å²) in [6, 6.07) is 4.85. The van der Waals surface area contributed by atoms with Crippen molar-refractivity contribution in [2.45, 2.75) is 45.3 Å². The maximum Gasteiger partial charge on any atom is 0.270 e. The molecule has 150 valence electrons. The predicted molar refractivity (Wildman–Crippen MR) is 103 cm³/mol. The lowest BCUT2D eigenvalue weighted by Crippen LogP contribution is -2.34. The smallest absolute Gasteiger partial charge is 0.270 e. The fraction of sp³-hybridized carbons (Fsp3) is 0.579. The Balaban J connectivity index is 1.42. The molecule has 0 saturated carbocycles. The minimum atomic E-state index is -0.352. The van der Waals surface area contributed by atoms with Gasteiger partial charge in [-0.05, 0) is 38.9 Å². The van der Waals surface area contributed by atoms with Gasteiger partial charge < -0.3 is 14.6 Å². The van der Waals surface area contributed by atoms with E-state index in [-0.39, 0.29) is 10.6 Å². The van der Waals surface area contributed by atoms with Gasteiger partial charge >= 0.3 is 0 Å². The first-order valence-electron chi connectivity index (χ1n) is 9.91. The van der Waals surface area contributed by atoms with Crippen LogP contribution in [0.1, 0.15) is 42.9 Å². The van der Waals surface area contributed by atoms with Crippen molar-refractivity contribution in [3.8, 4) is 5.75 Å². The number of aromatic nitrogens is 3. The first-order chi connectivity index (χ1) is 13.7. The highest BCUT2D eigenvalue weighted by atomic mass is 16.6. The molecule has 1 aromatic heterocycles. The molecule has 0 bridgehead atoms. The van der Waals surface area contributed by atoms with Crippen molar-refractivity contribution in [3.05, 3.63) is 45.5 Å². The molecule has 0 amide bonds. The average Bonchev–Trinajstić information content (AvgIpc) is 3.14. The Morgan fingerprint density at radius 3 is 2.86 bits per heavy atom. The van der Waals surface area contributed by atoms with E-state index in [9.17, 15) is 10.1 Å². The number of likely N-dealkylation sites (tertiary alicyclic amines) is 1. The lowest BCUT2D eigenvalue weighted by atomic mass is 9.95. The molecule has 2 aliphatic heterocycles. The Labute approximate surface area is 163 Å². The predicted octanol–water partition coefficient (Wildman–Crippen LogP) is 2.07. The molecule has 0 radical (unpaired) electrons. The van der Waals surface area contributed by atoms with Crippen molar-refractivity contribution in [2.75, 3.05) is 26.2 Å². The molecule has 9 heteroatoms. The number of rotatable bonds is 6. The topological polar surface area (TPSA) is 98.3 Å². The first kappa shape index (κ1) is 18.8. The van der Waals surface area contributed by atoms with Crippen molar-refractivity contribution in [1.82, 2.24) is 25.0 Å². The van der Waals surface area contributed by atoms with Crippen LogP contribution in [-0.2, 0) is 19.6 Å². The average molecular weight is 386 g/mol. The van der Waals surface area contributed by atoms with Gasteiger partial charge in [-0.1, -0.05) is 0 Å². The van der Waals surface area contributed by atoms with Gasteiger partial charge in [0, 0.05) is 43.2 Å². The molecule has 28 heavy (non-hydrogen) atoms. The van der Waals surface area contributed by atoms with Crippen molar-refractivity contribution in [1.29, 1.82) is 0 Å². The highest BCUT2D eigenvalue weighted by molar-refractivity contribution is 5.43. The number of non-ortho nitro benzene ring substituents is 1. The summed E-state index contributed by atoms with van der Waals surface area (Å²) in [4.78, 5) is 13.1. The summed E-state index contributed by atoms with van der Waals surface area (Å²) in [5.41, 5.74) is 0.984. The Morgan fingerprint density at radius 1 is 1.29 bits per heavy atom.